The van der Waals surface area contributed by atoms with Crippen LogP contribution >= 0.6 is 11.6 Å². The molecule has 96 valence electrons. The molecule has 1 heterocycles. The molecular weight excluding hydrogens is 262 g/mol. The number of anilines is 1. The van der Waals surface area contributed by atoms with Gasteiger partial charge in [0.25, 0.3) is 0 Å². The minimum absolute atomic E-state index is 0.103. The smallest absolute Gasteiger partial charge is 0.126 e. The fraction of sp³-hybridized carbons (Fsp3) is 0.0714. The molecule has 0 saturated heterocycles. The van der Waals surface area contributed by atoms with Crippen molar-refractivity contribution >= 4 is 28.2 Å². The largest absolute Gasteiger partial charge is 0.507 e. The number of halogens is 1. The molecule has 19 heavy (non-hydrogen) atoms. The first kappa shape index (κ1) is 11.9. The fourth-order valence-electron chi connectivity index (χ4n) is 2.10. The molecule has 4 N–H and O–H groups in total. The average Bonchev–Trinajstić information content (AvgIpc) is 2.76. The number of nitrogens with one attached hydrogen (secondary N) is 1. The second kappa shape index (κ2) is 4.17. The van der Waals surface area contributed by atoms with E-state index in [-0.39, 0.29) is 5.75 Å². The van der Waals surface area contributed by atoms with E-state index in [9.17, 15) is 5.11 Å². The molecule has 5 heteroatoms. The normalized spacial score (nSPS) is 11.1. The lowest BCUT2D eigenvalue weighted by Crippen LogP contribution is -1.85. The van der Waals surface area contributed by atoms with E-state index in [1.807, 2.05) is 25.1 Å². The van der Waals surface area contributed by atoms with Gasteiger partial charge in [-0.15, -0.1) is 0 Å². The van der Waals surface area contributed by atoms with E-state index >= 15 is 0 Å². The number of aryl methyl sites for hydroxylation is 1. The maximum absolute atomic E-state index is 10.0. The summed E-state index contributed by atoms with van der Waals surface area (Å²) in [4.78, 5) is 0. The number of phenols is 1. The van der Waals surface area contributed by atoms with Gasteiger partial charge in [0.2, 0.25) is 0 Å². The lowest BCUT2D eigenvalue weighted by atomic mass is 10.0. The number of aromatic hydroxyl groups is 1. The fourth-order valence-corrected chi connectivity index (χ4v) is 2.26. The van der Waals surface area contributed by atoms with Crippen molar-refractivity contribution < 1.29 is 5.11 Å². The Morgan fingerprint density at radius 3 is 2.84 bits per heavy atom. The summed E-state index contributed by atoms with van der Waals surface area (Å²) in [7, 11) is 0. The van der Waals surface area contributed by atoms with Crippen LogP contribution in [0.5, 0.6) is 5.75 Å². The topological polar surface area (TPSA) is 74.9 Å². The van der Waals surface area contributed by atoms with E-state index in [2.05, 4.69) is 10.2 Å². The van der Waals surface area contributed by atoms with Crippen molar-refractivity contribution in [3.63, 3.8) is 0 Å². The minimum Gasteiger partial charge on any atom is -0.507 e. The van der Waals surface area contributed by atoms with Crippen molar-refractivity contribution in [2.75, 3.05) is 5.73 Å². The van der Waals surface area contributed by atoms with E-state index in [1.54, 1.807) is 6.07 Å². The Labute approximate surface area is 114 Å². The van der Waals surface area contributed by atoms with Gasteiger partial charge >= 0.3 is 0 Å². The summed E-state index contributed by atoms with van der Waals surface area (Å²) in [6, 6.07) is 8.84. The van der Waals surface area contributed by atoms with E-state index in [4.69, 9.17) is 17.3 Å². The van der Waals surface area contributed by atoms with Gasteiger partial charge in [-0.1, -0.05) is 11.6 Å². The number of aromatic nitrogens is 2. The predicted molar refractivity (Wildman–Crippen MR) is 77.4 cm³/mol. The summed E-state index contributed by atoms with van der Waals surface area (Å²) in [6.45, 7) is 1.88. The van der Waals surface area contributed by atoms with Crippen molar-refractivity contribution in [3.8, 4) is 17.0 Å². The zero-order valence-corrected chi connectivity index (χ0v) is 11.0. The highest BCUT2D eigenvalue weighted by atomic mass is 35.5. The molecule has 0 bridgehead atoms. The molecule has 0 radical (unpaired) electrons. The maximum Gasteiger partial charge on any atom is 0.126 e. The average molecular weight is 274 g/mol. The van der Waals surface area contributed by atoms with Crippen LogP contribution in [0, 0.1) is 6.92 Å². The number of phenolic OH excluding ortho intramolecular Hbond substituents is 1. The summed E-state index contributed by atoms with van der Waals surface area (Å²) in [6.07, 6.45) is 0. The van der Waals surface area contributed by atoms with E-state index in [0.29, 0.717) is 22.0 Å². The van der Waals surface area contributed by atoms with Gasteiger partial charge in [0.15, 0.2) is 0 Å². The Kier molecular flexibility index (Phi) is 2.61. The molecule has 3 rings (SSSR count). The van der Waals surface area contributed by atoms with Crippen LogP contribution in [0.2, 0.25) is 5.02 Å². The van der Waals surface area contributed by atoms with Gasteiger partial charge in [-0.05, 0) is 42.8 Å². The molecule has 2 aromatic carbocycles. The third-order valence-corrected chi connectivity index (χ3v) is 3.53. The number of fused-ring (bicyclic) bond motifs is 1. The van der Waals surface area contributed by atoms with Crippen molar-refractivity contribution in [3.05, 3.63) is 40.9 Å². The number of nitrogen functional groups attached to an aromatic ring is 1. The SMILES string of the molecule is Cc1cc(-c2n[nH]c3ccc(N)cc23)c(O)cc1Cl. The quantitative estimate of drug-likeness (QED) is 0.594. The molecular formula is C14H12ClN3O. The molecule has 0 aliphatic heterocycles. The van der Waals surface area contributed by atoms with E-state index in [0.717, 1.165) is 16.5 Å². The molecule has 1 aromatic heterocycles. The van der Waals surface area contributed by atoms with Crippen LogP contribution in [0.4, 0.5) is 5.69 Å². The summed E-state index contributed by atoms with van der Waals surface area (Å²) in [5, 5.41) is 18.6. The van der Waals surface area contributed by atoms with Crippen molar-refractivity contribution in [1.29, 1.82) is 0 Å². The first-order chi connectivity index (χ1) is 9.06. The van der Waals surface area contributed by atoms with Crippen LogP contribution in [0.3, 0.4) is 0 Å². The minimum atomic E-state index is 0.103. The van der Waals surface area contributed by atoms with Crippen LogP contribution in [0.25, 0.3) is 22.2 Å². The third-order valence-electron chi connectivity index (χ3n) is 3.12. The zero-order valence-electron chi connectivity index (χ0n) is 10.2. The van der Waals surface area contributed by atoms with E-state index in [1.165, 1.54) is 6.07 Å². The third kappa shape index (κ3) is 1.90. The van der Waals surface area contributed by atoms with Gasteiger partial charge in [-0.25, -0.2) is 0 Å². The lowest BCUT2D eigenvalue weighted by molar-refractivity contribution is 0.477. The number of aromatic amines is 1. The number of hydrogen-bond donors (Lipinski definition) is 3. The Morgan fingerprint density at radius 2 is 2.05 bits per heavy atom. The second-order valence-electron chi connectivity index (χ2n) is 4.50. The number of hydrogen-bond acceptors (Lipinski definition) is 3. The standard InChI is InChI=1S/C14H12ClN3O/c1-7-4-10(13(19)6-11(7)15)14-9-5-8(16)2-3-12(9)17-18-14/h2-6,19H,16H2,1H3,(H,17,18). The predicted octanol–water partition coefficient (Wildman–Crippen LogP) is 3.48. The lowest BCUT2D eigenvalue weighted by Gasteiger charge is -2.06. The highest BCUT2D eigenvalue weighted by molar-refractivity contribution is 6.31. The molecule has 4 nitrogen and oxygen atoms in total. The van der Waals surface area contributed by atoms with Gasteiger partial charge in [-0.2, -0.15) is 5.10 Å². The van der Waals surface area contributed by atoms with Crippen molar-refractivity contribution in [1.82, 2.24) is 10.2 Å². The van der Waals surface area contributed by atoms with Crippen LogP contribution in [-0.2, 0) is 0 Å². The monoisotopic (exact) mass is 273 g/mol. The zero-order chi connectivity index (χ0) is 13.6. The number of nitrogens with two attached hydrogens (primary N) is 1. The first-order valence-corrected chi connectivity index (χ1v) is 6.17. The summed E-state index contributed by atoms with van der Waals surface area (Å²) >= 11 is 5.98. The van der Waals surface area contributed by atoms with Crippen molar-refractivity contribution in [2.24, 2.45) is 0 Å². The molecule has 0 aliphatic rings. The molecule has 0 fully saturated rings. The number of nitrogens with zero attached hydrogens (tertiary/aromatic N) is 1. The molecule has 0 amide bonds. The Bertz CT molecular complexity index is 780. The molecule has 0 spiro atoms. The van der Waals surface area contributed by atoms with Crippen LogP contribution in [0.15, 0.2) is 30.3 Å². The Hall–Kier alpha value is -2.20. The maximum atomic E-state index is 10.0. The second-order valence-corrected chi connectivity index (χ2v) is 4.90. The summed E-state index contributed by atoms with van der Waals surface area (Å²) in [5.74, 6) is 0.103. The van der Waals surface area contributed by atoms with Crippen LogP contribution in [0.1, 0.15) is 5.56 Å². The van der Waals surface area contributed by atoms with Crippen LogP contribution in [-0.4, -0.2) is 15.3 Å². The highest BCUT2D eigenvalue weighted by Gasteiger charge is 2.14. The van der Waals surface area contributed by atoms with Crippen LogP contribution < -0.4 is 5.73 Å². The molecule has 0 saturated carbocycles. The molecule has 0 unspecified atom stereocenters. The number of rotatable bonds is 1. The highest BCUT2D eigenvalue weighted by Crippen LogP contribution is 2.36. The summed E-state index contributed by atoms with van der Waals surface area (Å²) in [5.41, 5.74) is 9.51. The molecule has 0 atom stereocenters. The summed E-state index contributed by atoms with van der Waals surface area (Å²) < 4.78 is 0. The number of benzene rings is 2. The Balaban J connectivity index is 2.30. The molecule has 0 aliphatic carbocycles. The van der Waals surface area contributed by atoms with E-state index < -0.39 is 0 Å². The number of H-pyrrole nitrogens is 1. The van der Waals surface area contributed by atoms with Gasteiger partial charge in [0, 0.05) is 21.7 Å². The van der Waals surface area contributed by atoms with Crippen molar-refractivity contribution in [2.45, 2.75) is 6.92 Å². The molecule has 3 aromatic rings. The van der Waals surface area contributed by atoms with Gasteiger partial charge < -0.3 is 10.8 Å². The van der Waals surface area contributed by atoms with Gasteiger partial charge in [0.1, 0.15) is 11.4 Å². The van der Waals surface area contributed by atoms with Gasteiger partial charge in [0.05, 0.1) is 5.52 Å². The van der Waals surface area contributed by atoms with Gasteiger partial charge in [-0.3, -0.25) is 5.10 Å². The Morgan fingerprint density at radius 1 is 1.26 bits per heavy atom. The first-order valence-electron chi connectivity index (χ1n) is 5.79.